The predicted octanol–water partition coefficient (Wildman–Crippen LogP) is 3.29. The molecule has 1 N–H and O–H groups in total. The third kappa shape index (κ3) is 4.28. The van der Waals surface area contributed by atoms with Crippen LogP contribution in [0.5, 0.6) is 0 Å². The van der Waals surface area contributed by atoms with E-state index in [2.05, 4.69) is 21.2 Å². The van der Waals surface area contributed by atoms with Crippen LogP contribution < -0.4 is 5.32 Å². The minimum Gasteiger partial charge on any atom is -0.313 e. The Hall–Kier alpha value is -0.430. The van der Waals surface area contributed by atoms with Crippen LogP contribution in [0.2, 0.25) is 0 Å². The Balaban J connectivity index is 3.36. The minimum atomic E-state index is -3.48. The van der Waals surface area contributed by atoms with Gasteiger partial charge in [-0.25, -0.2) is 8.42 Å². The van der Waals surface area contributed by atoms with Gasteiger partial charge in [-0.15, -0.1) is 0 Å². The van der Waals surface area contributed by atoms with Gasteiger partial charge in [0, 0.05) is 23.6 Å². The van der Waals surface area contributed by atoms with Gasteiger partial charge in [0.15, 0.2) is 0 Å². The van der Waals surface area contributed by atoms with E-state index in [1.54, 1.807) is 6.07 Å². The van der Waals surface area contributed by atoms with Crippen molar-refractivity contribution in [1.82, 2.24) is 9.62 Å². The van der Waals surface area contributed by atoms with Gasteiger partial charge in [-0.2, -0.15) is 4.31 Å². The quantitative estimate of drug-likeness (QED) is 0.793. The average Bonchev–Trinajstić information content (AvgIpc) is 2.39. The van der Waals surface area contributed by atoms with Gasteiger partial charge in [-0.1, -0.05) is 29.8 Å². The van der Waals surface area contributed by atoms with Crippen LogP contribution in [0.3, 0.4) is 0 Å². The van der Waals surface area contributed by atoms with Crippen molar-refractivity contribution in [2.45, 2.75) is 52.1 Å². The lowest BCUT2D eigenvalue weighted by molar-refractivity contribution is 0.369. The number of sulfonamides is 1. The lowest BCUT2D eigenvalue weighted by Gasteiger charge is -2.25. The molecule has 0 aromatic heterocycles. The summed E-state index contributed by atoms with van der Waals surface area (Å²) in [7, 11) is -3.48. The maximum atomic E-state index is 12.9. The number of nitrogens with zero attached hydrogens (tertiary/aromatic N) is 1. The zero-order valence-electron chi connectivity index (χ0n) is 13.4. The second-order valence-electron chi connectivity index (χ2n) is 5.28. The number of rotatable bonds is 7. The smallest absolute Gasteiger partial charge is 0.243 e. The number of nitrogens with one attached hydrogen (secondary N) is 1. The molecule has 0 saturated heterocycles. The van der Waals surface area contributed by atoms with Crippen LogP contribution >= 0.6 is 15.9 Å². The molecule has 0 fully saturated rings. The molecule has 0 spiro atoms. The summed E-state index contributed by atoms with van der Waals surface area (Å²) >= 11 is 3.48. The molecule has 1 aromatic rings. The summed E-state index contributed by atoms with van der Waals surface area (Å²) in [5, 5.41) is 3.23. The average molecular weight is 377 g/mol. The Morgan fingerprint density at radius 2 is 1.90 bits per heavy atom. The van der Waals surface area contributed by atoms with Crippen molar-refractivity contribution in [2.24, 2.45) is 0 Å². The van der Waals surface area contributed by atoms with E-state index in [1.165, 1.54) is 4.31 Å². The van der Waals surface area contributed by atoms with Crippen LogP contribution in [0.1, 0.15) is 38.8 Å². The molecule has 21 heavy (non-hydrogen) atoms. The highest BCUT2D eigenvalue weighted by atomic mass is 79.9. The van der Waals surface area contributed by atoms with Crippen LogP contribution in [0, 0.1) is 6.92 Å². The number of benzene rings is 1. The van der Waals surface area contributed by atoms with E-state index >= 15 is 0 Å². The van der Waals surface area contributed by atoms with Crippen molar-refractivity contribution < 1.29 is 8.42 Å². The fraction of sp³-hybridized carbons (Fsp3) is 0.600. The van der Waals surface area contributed by atoms with E-state index in [-0.39, 0.29) is 6.04 Å². The van der Waals surface area contributed by atoms with Crippen LogP contribution in [0.4, 0.5) is 0 Å². The summed E-state index contributed by atoms with van der Waals surface area (Å²) in [6.07, 6.45) is 0. The summed E-state index contributed by atoms with van der Waals surface area (Å²) in [5.41, 5.74) is 1.72. The second kappa shape index (κ2) is 7.72. The first kappa shape index (κ1) is 18.6. The molecule has 0 aliphatic rings. The number of halogens is 1. The van der Waals surface area contributed by atoms with Gasteiger partial charge >= 0.3 is 0 Å². The van der Waals surface area contributed by atoms with Gasteiger partial charge < -0.3 is 5.32 Å². The number of hydrogen-bond donors (Lipinski definition) is 1. The van der Waals surface area contributed by atoms with Crippen LogP contribution in [-0.2, 0) is 16.6 Å². The third-order valence-corrected chi connectivity index (χ3v) is 6.51. The highest BCUT2D eigenvalue weighted by molar-refractivity contribution is 9.10. The van der Waals surface area contributed by atoms with Crippen molar-refractivity contribution in [2.75, 3.05) is 13.1 Å². The fourth-order valence-corrected chi connectivity index (χ4v) is 4.87. The van der Waals surface area contributed by atoms with Crippen molar-refractivity contribution >= 4 is 26.0 Å². The Bertz CT molecular complexity index is 586. The standard InChI is InChI=1S/C15H25BrN2O2S/c1-6-17-10-13-8-14(16)12(5)15(9-13)21(19,20)18(7-2)11(3)4/h8-9,11,17H,6-7,10H2,1-5H3. The molecule has 0 bridgehead atoms. The van der Waals surface area contributed by atoms with Gasteiger partial charge in [-0.05, 0) is 50.6 Å². The Kier molecular flexibility index (Phi) is 6.84. The van der Waals surface area contributed by atoms with Gasteiger partial charge in [0.1, 0.15) is 0 Å². The van der Waals surface area contributed by atoms with Gasteiger partial charge in [-0.3, -0.25) is 0 Å². The molecule has 0 unspecified atom stereocenters. The van der Waals surface area contributed by atoms with Gasteiger partial charge in [0.05, 0.1) is 4.90 Å². The molecule has 6 heteroatoms. The molecule has 0 saturated carbocycles. The summed E-state index contributed by atoms with van der Waals surface area (Å²) in [6.45, 7) is 11.5. The molecule has 0 amide bonds. The summed E-state index contributed by atoms with van der Waals surface area (Å²) < 4.78 is 28.1. The summed E-state index contributed by atoms with van der Waals surface area (Å²) in [5.74, 6) is 0. The fourth-order valence-electron chi connectivity index (χ4n) is 2.29. The lowest BCUT2D eigenvalue weighted by atomic mass is 10.1. The molecule has 0 aliphatic heterocycles. The van der Waals surface area contributed by atoms with Crippen LogP contribution in [0.25, 0.3) is 0 Å². The molecule has 0 aliphatic carbocycles. The number of hydrogen-bond acceptors (Lipinski definition) is 3. The van der Waals surface area contributed by atoms with E-state index in [1.807, 2.05) is 40.7 Å². The maximum Gasteiger partial charge on any atom is 0.243 e. The van der Waals surface area contributed by atoms with Crippen molar-refractivity contribution in [3.8, 4) is 0 Å². The van der Waals surface area contributed by atoms with Crippen LogP contribution in [-0.4, -0.2) is 31.9 Å². The van der Waals surface area contributed by atoms with Crippen molar-refractivity contribution in [3.63, 3.8) is 0 Å². The largest absolute Gasteiger partial charge is 0.313 e. The minimum absolute atomic E-state index is 0.0596. The van der Waals surface area contributed by atoms with Crippen molar-refractivity contribution in [3.05, 3.63) is 27.7 Å². The zero-order chi connectivity index (χ0) is 16.2. The summed E-state index contributed by atoms with van der Waals surface area (Å²) in [6, 6.07) is 3.70. The Labute approximate surface area is 137 Å². The van der Waals surface area contributed by atoms with E-state index in [0.717, 1.165) is 22.1 Å². The molecule has 0 atom stereocenters. The molecule has 0 heterocycles. The predicted molar refractivity (Wildman–Crippen MR) is 91.0 cm³/mol. The molecular weight excluding hydrogens is 352 g/mol. The monoisotopic (exact) mass is 376 g/mol. The van der Waals surface area contributed by atoms with Crippen LogP contribution in [0.15, 0.2) is 21.5 Å². The zero-order valence-corrected chi connectivity index (χ0v) is 15.8. The highest BCUT2D eigenvalue weighted by Gasteiger charge is 2.28. The molecule has 4 nitrogen and oxygen atoms in total. The molecular formula is C15H25BrN2O2S. The normalized spacial score (nSPS) is 12.4. The second-order valence-corrected chi connectivity index (χ2v) is 8.00. The lowest BCUT2D eigenvalue weighted by Crippen LogP contribution is -2.37. The summed E-state index contributed by atoms with van der Waals surface area (Å²) in [4.78, 5) is 0.389. The molecule has 1 aromatic carbocycles. The SMILES string of the molecule is CCNCc1cc(Br)c(C)c(S(=O)(=O)N(CC)C(C)C)c1. The Morgan fingerprint density at radius 3 is 2.38 bits per heavy atom. The van der Waals surface area contributed by atoms with E-state index < -0.39 is 10.0 Å². The third-order valence-electron chi connectivity index (χ3n) is 3.41. The Morgan fingerprint density at radius 1 is 1.29 bits per heavy atom. The first-order chi connectivity index (χ1) is 9.75. The molecule has 0 radical (unpaired) electrons. The topological polar surface area (TPSA) is 49.4 Å². The molecule has 120 valence electrons. The van der Waals surface area contributed by atoms with E-state index in [9.17, 15) is 8.42 Å². The van der Waals surface area contributed by atoms with Crippen molar-refractivity contribution in [1.29, 1.82) is 0 Å². The first-order valence-electron chi connectivity index (χ1n) is 7.27. The van der Waals surface area contributed by atoms with Gasteiger partial charge in [0.2, 0.25) is 10.0 Å². The molecule has 1 rings (SSSR count). The maximum absolute atomic E-state index is 12.9. The highest BCUT2D eigenvalue weighted by Crippen LogP contribution is 2.28. The van der Waals surface area contributed by atoms with Gasteiger partial charge in [0.25, 0.3) is 0 Å². The van der Waals surface area contributed by atoms with E-state index in [4.69, 9.17) is 0 Å². The van der Waals surface area contributed by atoms with E-state index in [0.29, 0.717) is 18.0 Å². The first-order valence-corrected chi connectivity index (χ1v) is 9.50.